The van der Waals surface area contributed by atoms with Crippen LogP contribution in [0.3, 0.4) is 0 Å². The number of nitriles is 1. The molecule has 4 heteroatoms. The maximum atomic E-state index is 13.0. The molecule has 0 fully saturated rings. The molecule has 0 unspecified atom stereocenters. The number of ether oxygens (including phenoxy) is 1. The van der Waals surface area contributed by atoms with Crippen molar-refractivity contribution in [2.24, 2.45) is 0 Å². The highest BCUT2D eigenvalue weighted by molar-refractivity contribution is 5.35. The first-order valence-corrected chi connectivity index (χ1v) is 4.99. The number of hydrogen-bond acceptors (Lipinski definition) is 3. The molecule has 84 valence electrons. The van der Waals surface area contributed by atoms with Crippen LogP contribution in [0.15, 0.2) is 36.5 Å². The monoisotopic (exact) mass is 228 g/mol. The molecule has 1 heterocycles. The van der Waals surface area contributed by atoms with Crippen molar-refractivity contribution in [1.82, 2.24) is 4.98 Å². The third kappa shape index (κ3) is 2.58. The third-order valence-electron chi connectivity index (χ3n) is 2.22. The van der Waals surface area contributed by atoms with E-state index in [0.717, 1.165) is 0 Å². The number of aryl methyl sites for hydroxylation is 1. The SMILES string of the molecule is Cc1cc(Oc2cc(C#N)ccn2)ccc1F. The first-order valence-electron chi connectivity index (χ1n) is 4.99. The number of benzene rings is 1. The lowest BCUT2D eigenvalue weighted by atomic mass is 10.2. The number of hydrogen-bond donors (Lipinski definition) is 0. The molecular weight excluding hydrogens is 219 g/mol. The van der Waals surface area contributed by atoms with Crippen LogP contribution in [0.2, 0.25) is 0 Å². The van der Waals surface area contributed by atoms with E-state index in [1.54, 1.807) is 19.1 Å². The van der Waals surface area contributed by atoms with E-state index >= 15 is 0 Å². The van der Waals surface area contributed by atoms with E-state index in [2.05, 4.69) is 4.98 Å². The number of pyridine rings is 1. The van der Waals surface area contributed by atoms with Crippen molar-refractivity contribution in [3.05, 3.63) is 53.5 Å². The van der Waals surface area contributed by atoms with Crippen molar-refractivity contribution in [3.8, 4) is 17.7 Å². The van der Waals surface area contributed by atoms with Gasteiger partial charge in [0.1, 0.15) is 11.6 Å². The zero-order valence-corrected chi connectivity index (χ0v) is 9.14. The quantitative estimate of drug-likeness (QED) is 0.792. The Hall–Kier alpha value is -2.41. The van der Waals surface area contributed by atoms with Crippen LogP contribution < -0.4 is 4.74 Å². The molecule has 0 aliphatic rings. The number of rotatable bonds is 2. The second-order valence-electron chi connectivity index (χ2n) is 3.51. The van der Waals surface area contributed by atoms with E-state index in [0.29, 0.717) is 22.8 Å². The van der Waals surface area contributed by atoms with Gasteiger partial charge in [0, 0.05) is 12.3 Å². The molecule has 0 spiro atoms. The molecule has 0 amide bonds. The molecule has 0 bridgehead atoms. The Labute approximate surface area is 98.1 Å². The van der Waals surface area contributed by atoms with E-state index in [1.165, 1.54) is 24.4 Å². The minimum atomic E-state index is -0.281. The minimum Gasteiger partial charge on any atom is -0.439 e. The second-order valence-corrected chi connectivity index (χ2v) is 3.51. The van der Waals surface area contributed by atoms with Gasteiger partial charge in [0.25, 0.3) is 0 Å². The van der Waals surface area contributed by atoms with Crippen LogP contribution >= 0.6 is 0 Å². The fourth-order valence-corrected chi connectivity index (χ4v) is 1.34. The maximum absolute atomic E-state index is 13.0. The summed E-state index contributed by atoms with van der Waals surface area (Å²) in [5.41, 5.74) is 0.966. The highest BCUT2D eigenvalue weighted by atomic mass is 19.1. The van der Waals surface area contributed by atoms with Crippen LogP contribution in [0.5, 0.6) is 11.6 Å². The normalized spacial score (nSPS) is 9.71. The largest absolute Gasteiger partial charge is 0.439 e. The van der Waals surface area contributed by atoms with Gasteiger partial charge in [-0.25, -0.2) is 9.37 Å². The van der Waals surface area contributed by atoms with Gasteiger partial charge >= 0.3 is 0 Å². The first kappa shape index (κ1) is 11.1. The zero-order chi connectivity index (χ0) is 12.3. The smallest absolute Gasteiger partial charge is 0.220 e. The average molecular weight is 228 g/mol. The Balaban J connectivity index is 2.25. The highest BCUT2D eigenvalue weighted by Crippen LogP contribution is 2.22. The second kappa shape index (κ2) is 4.62. The molecule has 0 saturated heterocycles. The molecule has 0 atom stereocenters. The van der Waals surface area contributed by atoms with Crippen molar-refractivity contribution < 1.29 is 9.13 Å². The predicted octanol–water partition coefficient (Wildman–Crippen LogP) is 3.19. The van der Waals surface area contributed by atoms with Crippen molar-refractivity contribution in [3.63, 3.8) is 0 Å². The van der Waals surface area contributed by atoms with Crippen molar-refractivity contribution >= 4 is 0 Å². The Bertz CT molecular complexity index is 590. The van der Waals surface area contributed by atoms with E-state index in [4.69, 9.17) is 10.00 Å². The van der Waals surface area contributed by atoms with Gasteiger partial charge in [-0.1, -0.05) is 0 Å². The standard InChI is InChI=1S/C13H9FN2O/c1-9-6-11(2-3-12(9)14)17-13-7-10(8-15)4-5-16-13/h2-7H,1H3. The Morgan fingerprint density at radius 2 is 2.12 bits per heavy atom. The average Bonchev–Trinajstić information content (AvgIpc) is 2.34. The summed E-state index contributed by atoms with van der Waals surface area (Å²) in [5.74, 6) is 0.526. The Morgan fingerprint density at radius 3 is 2.82 bits per heavy atom. The fraction of sp³-hybridized carbons (Fsp3) is 0.0769. The molecule has 0 saturated carbocycles. The van der Waals surface area contributed by atoms with Crippen molar-refractivity contribution in [2.45, 2.75) is 6.92 Å². The van der Waals surface area contributed by atoms with Crippen molar-refractivity contribution in [2.75, 3.05) is 0 Å². The van der Waals surface area contributed by atoms with Gasteiger partial charge in [-0.05, 0) is 36.8 Å². The van der Waals surface area contributed by atoms with Gasteiger partial charge in [0.2, 0.25) is 5.88 Å². The molecule has 17 heavy (non-hydrogen) atoms. The van der Waals surface area contributed by atoms with Crippen LogP contribution in [0.4, 0.5) is 4.39 Å². The molecule has 0 N–H and O–H groups in total. The number of aromatic nitrogens is 1. The van der Waals surface area contributed by atoms with Gasteiger partial charge in [0.05, 0.1) is 11.6 Å². The van der Waals surface area contributed by atoms with E-state index in [9.17, 15) is 4.39 Å². The summed E-state index contributed by atoms with van der Waals surface area (Å²) in [6, 6.07) is 9.53. The van der Waals surface area contributed by atoms with Crippen LogP contribution in [0, 0.1) is 24.1 Å². The third-order valence-corrected chi connectivity index (χ3v) is 2.22. The van der Waals surface area contributed by atoms with Gasteiger partial charge in [-0.3, -0.25) is 0 Å². The summed E-state index contributed by atoms with van der Waals surface area (Å²) in [6.45, 7) is 1.65. The van der Waals surface area contributed by atoms with E-state index < -0.39 is 0 Å². The minimum absolute atomic E-state index is 0.281. The molecule has 1 aromatic heterocycles. The molecule has 2 rings (SSSR count). The summed E-state index contributed by atoms with van der Waals surface area (Å²) in [6.07, 6.45) is 1.49. The van der Waals surface area contributed by atoms with Gasteiger partial charge in [-0.15, -0.1) is 0 Å². The van der Waals surface area contributed by atoms with E-state index in [-0.39, 0.29) is 5.82 Å². The molecule has 0 aliphatic carbocycles. The van der Waals surface area contributed by atoms with Gasteiger partial charge < -0.3 is 4.74 Å². The first-order chi connectivity index (χ1) is 8.19. The van der Waals surface area contributed by atoms with Crippen LogP contribution in [-0.2, 0) is 0 Å². The van der Waals surface area contributed by atoms with Gasteiger partial charge in [-0.2, -0.15) is 5.26 Å². The van der Waals surface area contributed by atoms with E-state index in [1.807, 2.05) is 6.07 Å². The lowest BCUT2D eigenvalue weighted by Crippen LogP contribution is -1.90. The lowest BCUT2D eigenvalue weighted by molar-refractivity contribution is 0.460. The molecular formula is C13H9FN2O. The Morgan fingerprint density at radius 1 is 1.29 bits per heavy atom. The lowest BCUT2D eigenvalue weighted by Gasteiger charge is -2.05. The molecule has 2 aromatic rings. The number of nitrogens with zero attached hydrogens (tertiary/aromatic N) is 2. The van der Waals surface area contributed by atoms with Crippen LogP contribution in [0.25, 0.3) is 0 Å². The number of halogens is 1. The molecule has 0 aliphatic heterocycles. The highest BCUT2D eigenvalue weighted by Gasteiger charge is 2.03. The van der Waals surface area contributed by atoms with Crippen molar-refractivity contribution in [1.29, 1.82) is 5.26 Å². The maximum Gasteiger partial charge on any atom is 0.220 e. The topological polar surface area (TPSA) is 45.9 Å². The Kier molecular flexibility index (Phi) is 3.01. The van der Waals surface area contributed by atoms with Gasteiger partial charge in [0.15, 0.2) is 0 Å². The summed E-state index contributed by atoms with van der Waals surface area (Å²) in [7, 11) is 0. The zero-order valence-electron chi connectivity index (χ0n) is 9.14. The molecule has 1 aromatic carbocycles. The fourth-order valence-electron chi connectivity index (χ4n) is 1.34. The molecule has 0 radical (unpaired) electrons. The summed E-state index contributed by atoms with van der Waals surface area (Å²) >= 11 is 0. The van der Waals surface area contributed by atoms with Crippen LogP contribution in [0.1, 0.15) is 11.1 Å². The summed E-state index contributed by atoms with van der Waals surface area (Å²) < 4.78 is 18.5. The van der Waals surface area contributed by atoms with Crippen LogP contribution in [-0.4, -0.2) is 4.98 Å². The predicted molar refractivity (Wildman–Crippen MR) is 60.2 cm³/mol. The molecule has 3 nitrogen and oxygen atoms in total. The summed E-state index contributed by atoms with van der Waals surface area (Å²) in [4.78, 5) is 3.97. The summed E-state index contributed by atoms with van der Waals surface area (Å²) in [5, 5.41) is 8.73.